The molecule has 2 aromatic rings. The van der Waals surface area contributed by atoms with Crippen LogP contribution in [0.2, 0.25) is 10.0 Å². The Kier molecular flexibility index (Phi) is 7.74. The van der Waals surface area contributed by atoms with E-state index in [1.165, 1.54) is 25.7 Å². The first-order valence-corrected chi connectivity index (χ1v) is 13.9. The fraction of sp³-hybridized carbons (Fsp3) is 0.552. The summed E-state index contributed by atoms with van der Waals surface area (Å²) in [5.74, 6) is 0.879. The summed E-state index contributed by atoms with van der Waals surface area (Å²) in [7, 11) is 0. The molecular formula is C29H36Cl2N2O2. The summed E-state index contributed by atoms with van der Waals surface area (Å²) in [6.45, 7) is 3.94. The second kappa shape index (κ2) is 10.8. The number of piperidine rings is 1. The molecule has 2 unspecified atom stereocenters. The fourth-order valence-corrected chi connectivity index (χ4v) is 6.61. The molecular weight excluding hydrogens is 479 g/mol. The van der Waals surface area contributed by atoms with Crippen molar-refractivity contribution in [3.63, 3.8) is 0 Å². The van der Waals surface area contributed by atoms with Gasteiger partial charge in [0.15, 0.2) is 0 Å². The van der Waals surface area contributed by atoms with E-state index in [4.69, 9.17) is 23.2 Å². The van der Waals surface area contributed by atoms with Gasteiger partial charge < -0.3 is 14.9 Å². The summed E-state index contributed by atoms with van der Waals surface area (Å²) in [6, 6.07) is 16.0. The van der Waals surface area contributed by atoms with E-state index in [0.717, 1.165) is 50.1 Å². The predicted molar refractivity (Wildman–Crippen MR) is 142 cm³/mol. The molecule has 3 atom stereocenters. The lowest BCUT2D eigenvalue weighted by molar-refractivity contribution is -0.155. The zero-order chi connectivity index (χ0) is 24.4. The number of carbonyl (C=O) groups excluding carboxylic acids is 1. The third-order valence-corrected chi connectivity index (χ3v) is 8.86. The summed E-state index contributed by atoms with van der Waals surface area (Å²) in [5, 5.41) is 11.6. The topological polar surface area (TPSA) is 43.8 Å². The van der Waals surface area contributed by atoms with Crippen molar-refractivity contribution in [3.05, 3.63) is 69.7 Å². The molecule has 2 saturated heterocycles. The number of hydrogen-bond donors (Lipinski definition) is 1. The van der Waals surface area contributed by atoms with Gasteiger partial charge in [-0.05, 0) is 106 Å². The van der Waals surface area contributed by atoms with Crippen LogP contribution in [0.3, 0.4) is 0 Å². The highest BCUT2D eigenvalue weighted by Crippen LogP contribution is 2.53. The van der Waals surface area contributed by atoms with Crippen LogP contribution in [0.25, 0.3) is 0 Å². The Morgan fingerprint density at radius 1 is 0.943 bits per heavy atom. The molecule has 1 N–H and O–H groups in total. The van der Waals surface area contributed by atoms with Crippen LogP contribution in [0.15, 0.2) is 48.5 Å². The molecule has 3 fully saturated rings. The number of rotatable bonds is 9. The van der Waals surface area contributed by atoms with Crippen molar-refractivity contribution in [2.45, 2.75) is 56.9 Å². The second-order valence-electron chi connectivity index (χ2n) is 10.8. The number of halogens is 2. The highest BCUT2D eigenvalue weighted by Gasteiger charge is 2.52. The Hall–Kier alpha value is -1.59. The normalized spacial score (nSPS) is 27.5. The van der Waals surface area contributed by atoms with E-state index >= 15 is 0 Å². The van der Waals surface area contributed by atoms with E-state index < -0.39 is 5.41 Å². The highest BCUT2D eigenvalue weighted by atomic mass is 35.5. The molecule has 2 heterocycles. The Morgan fingerprint density at radius 3 is 2.34 bits per heavy atom. The molecule has 5 rings (SSSR count). The quantitative estimate of drug-likeness (QED) is 0.425. The standard InChI is InChI=1S/C29H36Cl2N2O2/c30-24-10-8-22(9-11-24)27-26(23-4-3-5-25(31)18-23)19-29(13-17-34,12-16-32-14-1-2-15-32)28(35)33(27)20-21-6-7-21/h3-5,8-11,18,21,26-27,34H,1-2,6-7,12-17,19-20H2/t26?,27-,29?/m1/s1. The number of aliphatic hydroxyl groups excluding tert-OH is 1. The Bertz CT molecular complexity index is 1020. The van der Waals surface area contributed by atoms with Crippen LogP contribution in [0, 0.1) is 11.3 Å². The largest absolute Gasteiger partial charge is 0.396 e. The van der Waals surface area contributed by atoms with E-state index in [0.29, 0.717) is 22.4 Å². The number of hydrogen-bond acceptors (Lipinski definition) is 3. The maximum atomic E-state index is 14.4. The van der Waals surface area contributed by atoms with Gasteiger partial charge in [0.1, 0.15) is 0 Å². The molecule has 0 aromatic heterocycles. The first-order valence-electron chi connectivity index (χ1n) is 13.1. The van der Waals surface area contributed by atoms with Gasteiger partial charge in [0, 0.05) is 29.1 Å². The minimum atomic E-state index is -0.567. The van der Waals surface area contributed by atoms with Gasteiger partial charge in [0.2, 0.25) is 5.91 Å². The molecule has 0 bridgehead atoms. The first-order chi connectivity index (χ1) is 17.0. The summed E-state index contributed by atoms with van der Waals surface area (Å²) in [4.78, 5) is 19.1. The van der Waals surface area contributed by atoms with E-state index in [-0.39, 0.29) is 24.5 Å². The molecule has 0 radical (unpaired) electrons. The van der Waals surface area contributed by atoms with Crippen molar-refractivity contribution >= 4 is 29.1 Å². The van der Waals surface area contributed by atoms with Crippen molar-refractivity contribution in [3.8, 4) is 0 Å². The predicted octanol–water partition coefficient (Wildman–Crippen LogP) is 6.32. The first kappa shape index (κ1) is 25.1. The second-order valence-corrected chi connectivity index (χ2v) is 11.7. The van der Waals surface area contributed by atoms with Gasteiger partial charge in [-0.1, -0.05) is 47.5 Å². The monoisotopic (exact) mass is 514 g/mol. The third-order valence-electron chi connectivity index (χ3n) is 8.38. The van der Waals surface area contributed by atoms with Gasteiger partial charge in [0.05, 0.1) is 11.5 Å². The maximum Gasteiger partial charge on any atom is 0.229 e. The lowest BCUT2D eigenvalue weighted by atomic mass is 9.65. The molecule has 2 aliphatic heterocycles. The summed E-state index contributed by atoms with van der Waals surface area (Å²) >= 11 is 12.7. The maximum absolute atomic E-state index is 14.4. The number of carbonyl (C=O) groups is 1. The van der Waals surface area contributed by atoms with E-state index in [9.17, 15) is 9.90 Å². The van der Waals surface area contributed by atoms with Crippen molar-refractivity contribution < 1.29 is 9.90 Å². The molecule has 6 heteroatoms. The fourth-order valence-electron chi connectivity index (χ4n) is 6.29. The van der Waals surface area contributed by atoms with Gasteiger partial charge in [-0.25, -0.2) is 0 Å². The lowest BCUT2D eigenvalue weighted by Crippen LogP contribution is -2.54. The smallest absolute Gasteiger partial charge is 0.229 e. The van der Waals surface area contributed by atoms with Crippen LogP contribution in [-0.4, -0.2) is 53.6 Å². The van der Waals surface area contributed by atoms with Gasteiger partial charge >= 0.3 is 0 Å². The van der Waals surface area contributed by atoms with Crippen LogP contribution in [0.1, 0.15) is 68.0 Å². The SMILES string of the molecule is O=C1N(CC2CC2)[C@H](c2ccc(Cl)cc2)C(c2cccc(Cl)c2)CC1(CCO)CCN1CCCC1. The van der Waals surface area contributed by atoms with Crippen molar-refractivity contribution in [1.29, 1.82) is 0 Å². The summed E-state index contributed by atoms with van der Waals surface area (Å²) < 4.78 is 0. The number of aliphatic hydroxyl groups is 1. The van der Waals surface area contributed by atoms with Gasteiger partial charge in [-0.2, -0.15) is 0 Å². The molecule has 1 amide bonds. The molecule has 1 aliphatic carbocycles. The molecule has 3 aliphatic rings. The molecule has 0 spiro atoms. The van der Waals surface area contributed by atoms with Gasteiger partial charge in [-0.15, -0.1) is 0 Å². The minimum absolute atomic E-state index is 0.0247. The average Bonchev–Trinajstić information content (AvgIpc) is 3.52. The zero-order valence-corrected chi connectivity index (χ0v) is 21.9. The van der Waals surface area contributed by atoms with E-state index in [1.807, 2.05) is 24.3 Å². The van der Waals surface area contributed by atoms with E-state index in [2.05, 4.69) is 34.1 Å². The molecule has 2 aromatic carbocycles. The van der Waals surface area contributed by atoms with Gasteiger partial charge in [0.25, 0.3) is 0 Å². The van der Waals surface area contributed by atoms with Crippen molar-refractivity contribution in [2.24, 2.45) is 11.3 Å². The highest BCUT2D eigenvalue weighted by molar-refractivity contribution is 6.30. The van der Waals surface area contributed by atoms with E-state index in [1.54, 1.807) is 0 Å². The Balaban J connectivity index is 1.57. The average molecular weight is 516 g/mol. The molecule has 35 heavy (non-hydrogen) atoms. The van der Waals surface area contributed by atoms with Crippen LogP contribution < -0.4 is 0 Å². The minimum Gasteiger partial charge on any atom is -0.396 e. The molecule has 188 valence electrons. The number of likely N-dealkylation sites (tertiary alicyclic amines) is 2. The third kappa shape index (κ3) is 5.56. The number of nitrogens with zero attached hydrogens (tertiary/aromatic N) is 2. The number of benzene rings is 2. The van der Waals surface area contributed by atoms with Crippen molar-refractivity contribution in [2.75, 3.05) is 32.8 Å². The summed E-state index contributed by atoms with van der Waals surface area (Å²) in [6.07, 6.45) is 6.84. The van der Waals surface area contributed by atoms with Crippen LogP contribution in [0.4, 0.5) is 0 Å². The molecule has 4 nitrogen and oxygen atoms in total. The number of amides is 1. The van der Waals surface area contributed by atoms with Crippen LogP contribution in [-0.2, 0) is 4.79 Å². The Labute approximate surface area is 219 Å². The zero-order valence-electron chi connectivity index (χ0n) is 20.3. The Morgan fingerprint density at radius 2 is 1.69 bits per heavy atom. The van der Waals surface area contributed by atoms with Crippen molar-refractivity contribution in [1.82, 2.24) is 9.80 Å². The van der Waals surface area contributed by atoms with Crippen LogP contribution >= 0.6 is 23.2 Å². The molecule has 1 saturated carbocycles. The van der Waals surface area contributed by atoms with Gasteiger partial charge in [-0.3, -0.25) is 4.79 Å². The van der Waals surface area contributed by atoms with Crippen LogP contribution in [0.5, 0.6) is 0 Å². The summed E-state index contributed by atoms with van der Waals surface area (Å²) in [5.41, 5.74) is 1.71. The lowest BCUT2D eigenvalue weighted by Gasteiger charge is -2.51.